The Hall–Kier alpha value is -0.570. The van der Waals surface area contributed by atoms with Gasteiger partial charge in [-0.05, 0) is 58.3 Å². The van der Waals surface area contributed by atoms with E-state index in [1.165, 1.54) is 51.4 Å². The quantitative estimate of drug-likeness (QED) is 0.850. The Balaban J connectivity index is 0.000000211. The van der Waals surface area contributed by atoms with Crippen LogP contribution in [0, 0.1) is 5.92 Å². The van der Waals surface area contributed by atoms with Crippen molar-refractivity contribution in [1.29, 1.82) is 0 Å². The Morgan fingerprint density at radius 1 is 1.05 bits per heavy atom. The third-order valence-corrected chi connectivity index (χ3v) is 4.78. The Morgan fingerprint density at radius 2 is 1.57 bits per heavy atom. The number of hydrogen-bond acceptors (Lipinski definition) is 2. The van der Waals surface area contributed by atoms with Gasteiger partial charge in [0.25, 0.3) is 0 Å². The van der Waals surface area contributed by atoms with Crippen molar-refractivity contribution in [2.45, 2.75) is 90.6 Å². The number of amides is 1. The minimum Gasteiger partial charge on any atom is -0.390 e. The van der Waals surface area contributed by atoms with E-state index in [1.54, 1.807) is 0 Å². The van der Waals surface area contributed by atoms with Crippen molar-refractivity contribution in [3.05, 3.63) is 0 Å². The molecule has 2 aliphatic rings. The molecule has 21 heavy (non-hydrogen) atoms. The highest BCUT2D eigenvalue weighted by Gasteiger charge is 2.27. The lowest BCUT2D eigenvalue weighted by atomic mass is 9.79. The molecule has 0 aromatic carbocycles. The highest BCUT2D eigenvalue weighted by atomic mass is 16.3. The summed E-state index contributed by atoms with van der Waals surface area (Å²) in [6.07, 6.45) is 11.9. The predicted octanol–water partition coefficient (Wildman–Crippen LogP) is 4.14. The van der Waals surface area contributed by atoms with Gasteiger partial charge in [-0.2, -0.15) is 0 Å². The van der Waals surface area contributed by atoms with Gasteiger partial charge >= 0.3 is 0 Å². The van der Waals surface area contributed by atoms with E-state index in [0.29, 0.717) is 11.8 Å². The van der Waals surface area contributed by atoms with Crippen molar-refractivity contribution in [2.75, 3.05) is 13.1 Å². The van der Waals surface area contributed by atoms with Gasteiger partial charge in [-0.1, -0.05) is 26.2 Å². The van der Waals surface area contributed by atoms with Gasteiger partial charge in [-0.3, -0.25) is 4.79 Å². The normalized spacial score (nSPS) is 20.7. The van der Waals surface area contributed by atoms with Crippen LogP contribution in [0.25, 0.3) is 0 Å². The van der Waals surface area contributed by atoms with Crippen LogP contribution in [-0.4, -0.2) is 34.6 Å². The maximum absolute atomic E-state index is 11.3. The van der Waals surface area contributed by atoms with Gasteiger partial charge in [0.15, 0.2) is 0 Å². The first-order valence-electron chi connectivity index (χ1n) is 8.95. The van der Waals surface area contributed by atoms with Crippen LogP contribution in [0.15, 0.2) is 0 Å². The number of hydrogen-bond donors (Lipinski definition) is 1. The lowest BCUT2D eigenvalue weighted by Gasteiger charge is -2.32. The zero-order valence-corrected chi connectivity index (χ0v) is 14.4. The van der Waals surface area contributed by atoms with Crippen molar-refractivity contribution in [2.24, 2.45) is 5.92 Å². The maximum Gasteiger partial charge on any atom is 0.222 e. The topological polar surface area (TPSA) is 40.5 Å². The molecule has 1 aliphatic carbocycles. The maximum atomic E-state index is 11.3. The standard InChI is InChI=1S/C9H17NO.C9H18O/c1-2-6-9(11)10-7-4-3-5-8-10;1-9(2,10)8-6-4-3-5-7-8/h2-8H2,1H3;8,10H,3-7H2,1-2H3. The number of carbonyl (C=O) groups excluding carboxylic acids is 1. The summed E-state index contributed by atoms with van der Waals surface area (Å²) < 4.78 is 0. The minimum absolute atomic E-state index is 0.354. The SMILES string of the molecule is CC(C)(O)C1CCCCC1.CCCC(=O)N1CCCCC1. The number of piperidine rings is 1. The Labute approximate surface area is 131 Å². The number of nitrogens with zero attached hydrogens (tertiary/aromatic N) is 1. The summed E-state index contributed by atoms with van der Waals surface area (Å²) in [5.41, 5.74) is -0.430. The molecule has 1 saturated heterocycles. The summed E-state index contributed by atoms with van der Waals surface area (Å²) in [6, 6.07) is 0. The molecule has 3 nitrogen and oxygen atoms in total. The van der Waals surface area contributed by atoms with E-state index in [1.807, 2.05) is 18.7 Å². The van der Waals surface area contributed by atoms with E-state index in [9.17, 15) is 9.90 Å². The van der Waals surface area contributed by atoms with Crippen LogP contribution in [0.1, 0.15) is 85.0 Å². The molecule has 0 bridgehead atoms. The summed E-state index contributed by atoms with van der Waals surface area (Å²) in [6.45, 7) is 7.92. The molecule has 1 N–H and O–H groups in total. The third kappa shape index (κ3) is 7.30. The van der Waals surface area contributed by atoms with Gasteiger partial charge in [0.2, 0.25) is 5.91 Å². The molecule has 0 atom stereocenters. The molecule has 2 rings (SSSR count). The zero-order valence-electron chi connectivity index (χ0n) is 14.4. The first-order chi connectivity index (χ1) is 9.95. The van der Waals surface area contributed by atoms with Crippen LogP contribution in [0.5, 0.6) is 0 Å². The Kier molecular flexibility index (Phi) is 8.31. The molecule has 0 unspecified atom stereocenters. The van der Waals surface area contributed by atoms with Gasteiger partial charge in [-0.15, -0.1) is 0 Å². The lowest BCUT2D eigenvalue weighted by molar-refractivity contribution is -0.132. The van der Waals surface area contributed by atoms with Crippen molar-refractivity contribution < 1.29 is 9.90 Å². The zero-order chi connectivity index (χ0) is 15.7. The fourth-order valence-corrected chi connectivity index (χ4v) is 3.32. The molecule has 1 heterocycles. The van der Waals surface area contributed by atoms with Crippen LogP contribution in [0.2, 0.25) is 0 Å². The van der Waals surface area contributed by atoms with Crippen LogP contribution in [-0.2, 0) is 4.79 Å². The van der Waals surface area contributed by atoms with E-state index in [4.69, 9.17) is 0 Å². The van der Waals surface area contributed by atoms with Crippen LogP contribution in [0.4, 0.5) is 0 Å². The summed E-state index contributed by atoms with van der Waals surface area (Å²) in [4.78, 5) is 13.3. The highest BCUT2D eigenvalue weighted by molar-refractivity contribution is 5.76. The van der Waals surface area contributed by atoms with E-state index in [-0.39, 0.29) is 0 Å². The molecule has 0 aromatic rings. The monoisotopic (exact) mass is 297 g/mol. The number of carbonyl (C=O) groups is 1. The van der Waals surface area contributed by atoms with Crippen molar-refractivity contribution in [3.63, 3.8) is 0 Å². The first-order valence-corrected chi connectivity index (χ1v) is 8.95. The van der Waals surface area contributed by atoms with Crippen molar-refractivity contribution in [3.8, 4) is 0 Å². The second-order valence-corrected chi connectivity index (χ2v) is 7.18. The summed E-state index contributed by atoms with van der Waals surface area (Å²) in [7, 11) is 0. The smallest absolute Gasteiger partial charge is 0.222 e. The fraction of sp³-hybridized carbons (Fsp3) is 0.944. The van der Waals surface area contributed by atoms with E-state index in [2.05, 4.69) is 6.92 Å². The second kappa shape index (κ2) is 9.45. The Morgan fingerprint density at radius 3 is 2.00 bits per heavy atom. The van der Waals surface area contributed by atoms with Crippen LogP contribution in [0.3, 0.4) is 0 Å². The average Bonchev–Trinajstić information content (AvgIpc) is 2.49. The predicted molar refractivity (Wildman–Crippen MR) is 88.2 cm³/mol. The van der Waals surface area contributed by atoms with Gasteiger partial charge < -0.3 is 10.0 Å². The van der Waals surface area contributed by atoms with Crippen LogP contribution >= 0.6 is 0 Å². The minimum atomic E-state index is -0.430. The molecular formula is C18H35NO2. The van der Waals surface area contributed by atoms with Gasteiger partial charge in [0.1, 0.15) is 0 Å². The summed E-state index contributed by atoms with van der Waals surface area (Å²) in [5.74, 6) is 0.911. The number of rotatable bonds is 3. The van der Waals surface area contributed by atoms with Crippen LogP contribution < -0.4 is 0 Å². The molecule has 0 radical (unpaired) electrons. The van der Waals surface area contributed by atoms with Crippen molar-refractivity contribution >= 4 is 5.91 Å². The summed E-state index contributed by atoms with van der Waals surface area (Å²) >= 11 is 0. The molecule has 1 aliphatic heterocycles. The third-order valence-electron chi connectivity index (χ3n) is 4.78. The second-order valence-electron chi connectivity index (χ2n) is 7.18. The van der Waals surface area contributed by atoms with Gasteiger partial charge in [-0.25, -0.2) is 0 Å². The average molecular weight is 297 g/mol. The summed E-state index contributed by atoms with van der Waals surface area (Å²) in [5, 5.41) is 9.64. The molecule has 0 spiro atoms. The van der Waals surface area contributed by atoms with E-state index >= 15 is 0 Å². The van der Waals surface area contributed by atoms with Gasteiger partial charge in [0, 0.05) is 19.5 Å². The Bertz CT molecular complexity index is 284. The number of aliphatic hydroxyl groups is 1. The largest absolute Gasteiger partial charge is 0.390 e. The fourth-order valence-electron chi connectivity index (χ4n) is 3.32. The first kappa shape index (κ1) is 18.5. The van der Waals surface area contributed by atoms with Crippen molar-refractivity contribution in [1.82, 2.24) is 4.90 Å². The molecule has 0 aromatic heterocycles. The van der Waals surface area contributed by atoms with E-state index in [0.717, 1.165) is 25.9 Å². The lowest BCUT2D eigenvalue weighted by Crippen LogP contribution is -2.35. The molecule has 2 fully saturated rings. The molecule has 124 valence electrons. The molecule has 1 saturated carbocycles. The molecular weight excluding hydrogens is 262 g/mol. The molecule has 1 amide bonds. The number of likely N-dealkylation sites (tertiary alicyclic amines) is 1. The molecule has 3 heteroatoms. The highest BCUT2D eigenvalue weighted by Crippen LogP contribution is 2.31. The van der Waals surface area contributed by atoms with Gasteiger partial charge in [0.05, 0.1) is 5.60 Å². The van der Waals surface area contributed by atoms with E-state index < -0.39 is 5.60 Å².